The summed E-state index contributed by atoms with van der Waals surface area (Å²) in [5, 5.41) is 8.91. The van der Waals surface area contributed by atoms with E-state index in [2.05, 4.69) is 13.8 Å². The van der Waals surface area contributed by atoms with Gasteiger partial charge in [-0.15, -0.1) is 0 Å². The van der Waals surface area contributed by atoms with Crippen LogP contribution in [0.15, 0.2) is 29.8 Å². The van der Waals surface area contributed by atoms with Gasteiger partial charge in [-0.05, 0) is 29.5 Å². The fourth-order valence-corrected chi connectivity index (χ4v) is 1.49. The quantitative estimate of drug-likeness (QED) is 0.782. The van der Waals surface area contributed by atoms with Crippen molar-refractivity contribution in [2.24, 2.45) is 0 Å². The number of aliphatic carboxylic acids is 1. The molecule has 1 aromatic carbocycles. The summed E-state index contributed by atoms with van der Waals surface area (Å²) in [7, 11) is 0. The van der Waals surface area contributed by atoms with Gasteiger partial charge < -0.3 is 5.11 Å². The zero-order chi connectivity index (χ0) is 12.1. The number of hydrogen-bond donors (Lipinski definition) is 1. The van der Waals surface area contributed by atoms with E-state index in [-0.39, 0.29) is 0 Å². The molecule has 0 radical (unpaired) electrons. The van der Waals surface area contributed by atoms with Crippen LogP contribution in [0.5, 0.6) is 0 Å². The van der Waals surface area contributed by atoms with Crippen LogP contribution in [0, 0.1) is 0 Å². The van der Waals surface area contributed by atoms with Crippen LogP contribution in [0.2, 0.25) is 0 Å². The summed E-state index contributed by atoms with van der Waals surface area (Å²) in [6.45, 7) is 6.13. The van der Waals surface area contributed by atoms with Crippen molar-refractivity contribution in [1.82, 2.24) is 0 Å². The fraction of sp³-hybridized carbons (Fsp3) is 0.357. The van der Waals surface area contributed by atoms with Gasteiger partial charge in [-0.25, -0.2) is 4.79 Å². The molecule has 0 saturated carbocycles. The summed E-state index contributed by atoms with van der Waals surface area (Å²) in [5.41, 5.74) is 2.66. The van der Waals surface area contributed by atoms with E-state index in [0.717, 1.165) is 5.56 Å². The smallest absolute Gasteiger partial charge is 0.331 e. The van der Waals surface area contributed by atoms with Gasteiger partial charge in [0.05, 0.1) is 0 Å². The van der Waals surface area contributed by atoms with E-state index in [1.165, 1.54) is 5.56 Å². The normalized spacial score (nSPS) is 11.9. The highest BCUT2D eigenvalue weighted by atomic mass is 16.4. The zero-order valence-corrected chi connectivity index (χ0v) is 10.0. The van der Waals surface area contributed by atoms with Crippen LogP contribution in [0.25, 0.3) is 6.08 Å². The number of hydrogen-bond acceptors (Lipinski definition) is 1. The molecule has 0 aliphatic carbocycles. The Morgan fingerprint density at radius 2 is 1.88 bits per heavy atom. The molecular weight excluding hydrogens is 200 g/mol. The lowest BCUT2D eigenvalue weighted by molar-refractivity contribution is -0.132. The van der Waals surface area contributed by atoms with Gasteiger partial charge in [-0.3, -0.25) is 0 Å². The first-order valence-corrected chi connectivity index (χ1v) is 5.58. The second kappa shape index (κ2) is 5.50. The summed E-state index contributed by atoms with van der Waals surface area (Å²) in [4.78, 5) is 10.8. The Hall–Kier alpha value is -1.57. The van der Waals surface area contributed by atoms with Gasteiger partial charge in [-0.1, -0.05) is 45.0 Å². The Bertz CT molecular complexity index is 386. The minimum Gasteiger partial charge on any atom is -0.478 e. The first kappa shape index (κ1) is 12.5. The van der Waals surface area contributed by atoms with E-state index >= 15 is 0 Å². The largest absolute Gasteiger partial charge is 0.478 e. The van der Waals surface area contributed by atoms with Crippen molar-refractivity contribution in [3.05, 3.63) is 41.0 Å². The number of carboxylic acids is 1. The van der Waals surface area contributed by atoms with E-state index in [0.29, 0.717) is 17.9 Å². The van der Waals surface area contributed by atoms with Crippen molar-refractivity contribution in [3.63, 3.8) is 0 Å². The SMILES string of the molecule is CCC(=Cc1ccc(C(C)C)cc1)C(=O)O. The second-order valence-electron chi connectivity index (χ2n) is 4.15. The molecule has 0 aliphatic heterocycles. The Balaban J connectivity index is 2.94. The van der Waals surface area contributed by atoms with E-state index in [1.807, 2.05) is 31.2 Å². The molecule has 0 saturated heterocycles. The summed E-state index contributed by atoms with van der Waals surface area (Å²) >= 11 is 0. The van der Waals surface area contributed by atoms with Gasteiger partial charge in [0.25, 0.3) is 0 Å². The molecular formula is C14H18O2. The van der Waals surface area contributed by atoms with Crippen molar-refractivity contribution in [2.45, 2.75) is 33.1 Å². The molecule has 2 nitrogen and oxygen atoms in total. The lowest BCUT2D eigenvalue weighted by Crippen LogP contribution is -1.98. The molecule has 0 bridgehead atoms. The molecule has 0 aliphatic rings. The van der Waals surface area contributed by atoms with Crippen LogP contribution in [-0.4, -0.2) is 11.1 Å². The monoisotopic (exact) mass is 218 g/mol. The molecule has 0 aromatic heterocycles. The van der Waals surface area contributed by atoms with Crippen LogP contribution in [0.4, 0.5) is 0 Å². The number of rotatable bonds is 4. The first-order chi connectivity index (χ1) is 7.54. The average Bonchev–Trinajstić information content (AvgIpc) is 2.26. The summed E-state index contributed by atoms with van der Waals surface area (Å²) in [6.07, 6.45) is 2.27. The maximum atomic E-state index is 10.8. The maximum absolute atomic E-state index is 10.8. The molecule has 86 valence electrons. The van der Waals surface area contributed by atoms with Gasteiger partial charge in [0.15, 0.2) is 0 Å². The summed E-state index contributed by atoms with van der Waals surface area (Å²) in [6, 6.07) is 8.03. The molecule has 0 fully saturated rings. The van der Waals surface area contributed by atoms with E-state index < -0.39 is 5.97 Å². The number of benzene rings is 1. The second-order valence-corrected chi connectivity index (χ2v) is 4.15. The van der Waals surface area contributed by atoms with Crippen LogP contribution < -0.4 is 0 Å². The molecule has 1 aromatic rings. The van der Waals surface area contributed by atoms with E-state index in [9.17, 15) is 4.79 Å². The van der Waals surface area contributed by atoms with Crippen LogP contribution in [-0.2, 0) is 4.79 Å². The Morgan fingerprint density at radius 1 is 1.31 bits per heavy atom. The first-order valence-electron chi connectivity index (χ1n) is 5.58. The number of carbonyl (C=O) groups is 1. The molecule has 2 heteroatoms. The molecule has 0 heterocycles. The summed E-state index contributed by atoms with van der Waals surface area (Å²) < 4.78 is 0. The highest BCUT2D eigenvalue weighted by Gasteiger charge is 2.04. The van der Waals surface area contributed by atoms with Crippen molar-refractivity contribution in [3.8, 4) is 0 Å². The molecule has 0 unspecified atom stereocenters. The zero-order valence-electron chi connectivity index (χ0n) is 10.0. The highest BCUT2D eigenvalue weighted by molar-refractivity contribution is 5.92. The van der Waals surface area contributed by atoms with Crippen molar-refractivity contribution in [1.29, 1.82) is 0 Å². The highest BCUT2D eigenvalue weighted by Crippen LogP contribution is 2.16. The Labute approximate surface area is 96.6 Å². The van der Waals surface area contributed by atoms with Gasteiger partial charge in [0, 0.05) is 5.57 Å². The van der Waals surface area contributed by atoms with Gasteiger partial charge in [0.2, 0.25) is 0 Å². The third-order valence-electron chi connectivity index (χ3n) is 2.60. The fourth-order valence-electron chi connectivity index (χ4n) is 1.49. The maximum Gasteiger partial charge on any atom is 0.331 e. The number of carboxylic acid groups (broad SMARTS) is 1. The molecule has 0 amide bonds. The van der Waals surface area contributed by atoms with E-state index in [4.69, 9.17) is 5.11 Å². The minimum atomic E-state index is -0.838. The third-order valence-corrected chi connectivity index (χ3v) is 2.60. The molecule has 0 spiro atoms. The lowest BCUT2D eigenvalue weighted by Gasteiger charge is -2.05. The van der Waals surface area contributed by atoms with Crippen LogP contribution in [0.3, 0.4) is 0 Å². The average molecular weight is 218 g/mol. The van der Waals surface area contributed by atoms with Gasteiger partial charge in [-0.2, -0.15) is 0 Å². The lowest BCUT2D eigenvalue weighted by atomic mass is 10.0. The van der Waals surface area contributed by atoms with E-state index in [1.54, 1.807) is 6.08 Å². The predicted molar refractivity (Wildman–Crippen MR) is 66.4 cm³/mol. The molecule has 0 atom stereocenters. The van der Waals surface area contributed by atoms with Crippen molar-refractivity contribution in [2.75, 3.05) is 0 Å². The van der Waals surface area contributed by atoms with Gasteiger partial charge in [0.1, 0.15) is 0 Å². The van der Waals surface area contributed by atoms with Gasteiger partial charge >= 0.3 is 5.97 Å². The summed E-state index contributed by atoms with van der Waals surface area (Å²) in [5.74, 6) is -0.335. The predicted octanol–water partition coefficient (Wildman–Crippen LogP) is 3.69. The van der Waals surface area contributed by atoms with Crippen molar-refractivity contribution < 1.29 is 9.90 Å². The Kier molecular flexibility index (Phi) is 4.29. The molecule has 1 rings (SSSR count). The topological polar surface area (TPSA) is 37.3 Å². The standard InChI is InChI=1S/C14H18O2/c1-4-12(14(15)16)9-11-5-7-13(8-6-11)10(2)3/h5-10H,4H2,1-3H3,(H,15,16). The Morgan fingerprint density at radius 3 is 2.25 bits per heavy atom. The van der Waals surface area contributed by atoms with Crippen LogP contribution >= 0.6 is 0 Å². The minimum absolute atomic E-state index is 0.442. The molecule has 16 heavy (non-hydrogen) atoms. The van der Waals surface area contributed by atoms with Crippen LogP contribution in [0.1, 0.15) is 44.2 Å². The molecule has 1 N–H and O–H groups in total. The van der Waals surface area contributed by atoms with Crippen molar-refractivity contribution >= 4 is 12.0 Å². The third kappa shape index (κ3) is 3.23.